The SMILES string of the molecule is CC(C=O)=CCC1=C(C)CCCC1(C)C.[CaH2]. The molecule has 0 aromatic carbocycles. The first-order chi connectivity index (χ1) is 6.97. The molecule has 0 aromatic heterocycles. The Morgan fingerprint density at radius 1 is 1.44 bits per heavy atom. The van der Waals surface area contributed by atoms with E-state index in [2.05, 4.69) is 26.8 Å². The van der Waals surface area contributed by atoms with Crippen LogP contribution >= 0.6 is 0 Å². The third-order valence-corrected chi connectivity index (χ3v) is 3.50. The molecule has 1 nitrogen and oxygen atoms in total. The standard InChI is InChI=1S/C14H22O.Ca.2H/c1-11(10-15)7-8-13-12(2)6-5-9-14(13,3)4;;;/h7,10H,5-6,8-9H2,1-4H3;;;. The van der Waals surface area contributed by atoms with E-state index < -0.39 is 0 Å². The monoisotopic (exact) mass is 248 g/mol. The van der Waals surface area contributed by atoms with Crippen LogP contribution in [-0.2, 0) is 4.79 Å². The molecule has 1 aliphatic rings. The van der Waals surface area contributed by atoms with Gasteiger partial charge in [-0.3, -0.25) is 4.79 Å². The third kappa shape index (κ3) is 4.35. The van der Waals surface area contributed by atoms with Gasteiger partial charge in [-0.05, 0) is 50.5 Å². The molecule has 1 aliphatic carbocycles. The maximum atomic E-state index is 10.5. The van der Waals surface area contributed by atoms with Gasteiger partial charge in [0, 0.05) is 0 Å². The van der Waals surface area contributed by atoms with Crippen LogP contribution in [0.3, 0.4) is 0 Å². The summed E-state index contributed by atoms with van der Waals surface area (Å²) >= 11 is 0. The average molecular weight is 248 g/mol. The van der Waals surface area contributed by atoms with Gasteiger partial charge in [-0.25, -0.2) is 0 Å². The Bertz CT molecular complexity index is 311. The van der Waals surface area contributed by atoms with Gasteiger partial charge in [-0.2, -0.15) is 0 Å². The molecule has 0 unspecified atom stereocenters. The minimum atomic E-state index is 0. The second-order valence-corrected chi connectivity index (χ2v) is 5.27. The predicted octanol–water partition coefficient (Wildman–Crippen LogP) is 3.13. The number of carbonyl (C=O) groups is 1. The number of hydrogen-bond donors (Lipinski definition) is 0. The van der Waals surface area contributed by atoms with Crippen molar-refractivity contribution in [1.29, 1.82) is 0 Å². The maximum absolute atomic E-state index is 10.5. The van der Waals surface area contributed by atoms with Gasteiger partial charge in [0.25, 0.3) is 0 Å². The fourth-order valence-electron chi connectivity index (χ4n) is 2.44. The van der Waals surface area contributed by atoms with Gasteiger partial charge in [-0.1, -0.05) is 31.1 Å². The number of aldehydes is 1. The van der Waals surface area contributed by atoms with Crippen molar-refractivity contribution in [2.75, 3.05) is 0 Å². The first-order valence-corrected chi connectivity index (χ1v) is 5.78. The van der Waals surface area contributed by atoms with Gasteiger partial charge in [0.1, 0.15) is 6.29 Å². The van der Waals surface area contributed by atoms with Crippen LogP contribution in [0.15, 0.2) is 22.8 Å². The Balaban J connectivity index is 0.00000225. The summed E-state index contributed by atoms with van der Waals surface area (Å²) in [7, 11) is 0. The van der Waals surface area contributed by atoms with Gasteiger partial charge >= 0.3 is 37.7 Å². The number of allylic oxidation sites excluding steroid dienone is 4. The van der Waals surface area contributed by atoms with Gasteiger partial charge in [0.05, 0.1) is 0 Å². The fourth-order valence-corrected chi connectivity index (χ4v) is 2.44. The van der Waals surface area contributed by atoms with E-state index in [4.69, 9.17) is 0 Å². The van der Waals surface area contributed by atoms with Crippen molar-refractivity contribution in [1.82, 2.24) is 0 Å². The van der Waals surface area contributed by atoms with E-state index in [0.29, 0.717) is 5.41 Å². The first-order valence-electron chi connectivity index (χ1n) is 5.78. The summed E-state index contributed by atoms with van der Waals surface area (Å²) in [5, 5.41) is 0. The van der Waals surface area contributed by atoms with E-state index in [1.807, 2.05) is 6.92 Å². The van der Waals surface area contributed by atoms with Crippen molar-refractivity contribution < 1.29 is 4.79 Å². The van der Waals surface area contributed by atoms with Crippen LogP contribution in [0.2, 0.25) is 0 Å². The van der Waals surface area contributed by atoms with Crippen molar-refractivity contribution >= 4 is 44.0 Å². The Hall–Kier alpha value is 0.410. The number of rotatable bonds is 3. The van der Waals surface area contributed by atoms with Crippen LogP contribution in [0.1, 0.15) is 53.4 Å². The van der Waals surface area contributed by atoms with Crippen LogP contribution < -0.4 is 0 Å². The summed E-state index contributed by atoms with van der Waals surface area (Å²) < 4.78 is 0. The zero-order valence-electron chi connectivity index (χ0n) is 10.4. The van der Waals surface area contributed by atoms with E-state index >= 15 is 0 Å². The van der Waals surface area contributed by atoms with Crippen LogP contribution in [0.5, 0.6) is 0 Å². The third-order valence-electron chi connectivity index (χ3n) is 3.50. The van der Waals surface area contributed by atoms with Gasteiger partial charge in [-0.15, -0.1) is 0 Å². The number of hydrogen-bond acceptors (Lipinski definition) is 1. The van der Waals surface area contributed by atoms with E-state index in [1.165, 1.54) is 30.4 Å². The van der Waals surface area contributed by atoms with Crippen molar-refractivity contribution in [3.63, 3.8) is 0 Å². The molecule has 0 radical (unpaired) electrons. The first kappa shape index (κ1) is 16.4. The predicted molar refractivity (Wildman–Crippen MR) is 73.3 cm³/mol. The second-order valence-electron chi connectivity index (χ2n) is 5.27. The van der Waals surface area contributed by atoms with E-state index in [1.54, 1.807) is 0 Å². The molecular weight excluding hydrogens is 224 g/mol. The minimum absolute atomic E-state index is 0. The molecule has 0 aromatic rings. The molecule has 0 N–H and O–H groups in total. The molecule has 0 atom stereocenters. The Morgan fingerprint density at radius 2 is 2.06 bits per heavy atom. The van der Waals surface area contributed by atoms with Gasteiger partial charge < -0.3 is 0 Å². The van der Waals surface area contributed by atoms with Gasteiger partial charge in [0.15, 0.2) is 0 Å². The topological polar surface area (TPSA) is 17.1 Å². The van der Waals surface area contributed by atoms with Crippen molar-refractivity contribution in [2.45, 2.75) is 53.4 Å². The molecule has 0 fully saturated rings. The zero-order valence-corrected chi connectivity index (χ0v) is 10.4. The molecule has 16 heavy (non-hydrogen) atoms. The molecule has 0 spiro atoms. The molecule has 0 saturated heterocycles. The van der Waals surface area contributed by atoms with Crippen LogP contribution in [0.25, 0.3) is 0 Å². The molecule has 0 saturated carbocycles. The van der Waals surface area contributed by atoms with Crippen LogP contribution in [0, 0.1) is 5.41 Å². The van der Waals surface area contributed by atoms with Crippen LogP contribution in [0.4, 0.5) is 0 Å². The summed E-state index contributed by atoms with van der Waals surface area (Å²) in [5.74, 6) is 0. The fraction of sp³-hybridized carbons (Fsp3) is 0.643. The molecule has 2 heteroatoms. The molecule has 0 amide bonds. The number of carbonyl (C=O) groups excluding carboxylic acids is 1. The van der Waals surface area contributed by atoms with E-state index in [-0.39, 0.29) is 37.7 Å². The second kappa shape index (κ2) is 6.98. The Labute approximate surface area is 129 Å². The summed E-state index contributed by atoms with van der Waals surface area (Å²) in [4.78, 5) is 10.5. The van der Waals surface area contributed by atoms with Crippen molar-refractivity contribution in [3.05, 3.63) is 22.8 Å². The Kier molecular flexibility index (Phi) is 7.16. The molecule has 0 aliphatic heterocycles. The van der Waals surface area contributed by atoms with Crippen molar-refractivity contribution in [2.24, 2.45) is 5.41 Å². The molecule has 0 bridgehead atoms. The zero-order chi connectivity index (χ0) is 11.5. The van der Waals surface area contributed by atoms with Gasteiger partial charge in [0.2, 0.25) is 0 Å². The van der Waals surface area contributed by atoms with Crippen LogP contribution in [-0.4, -0.2) is 44.0 Å². The molecule has 0 heterocycles. The summed E-state index contributed by atoms with van der Waals surface area (Å²) in [6.45, 7) is 8.74. The normalized spacial score (nSPS) is 20.4. The molecular formula is C14H24CaO. The Morgan fingerprint density at radius 3 is 2.56 bits per heavy atom. The summed E-state index contributed by atoms with van der Waals surface area (Å²) in [6.07, 6.45) is 7.74. The van der Waals surface area contributed by atoms with E-state index in [0.717, 1.165) is 18.3 Å². The van der Waals surface area contributed by atoms with E-state index in [9.17, 15) is 4.79 Å². The van der Waals surface area contributed by atoms with Crippen molar-refractivity contribution in [3.8, 4) is 0 Å². The molecule has 1 rings (SSSR count). The average Bonchev–Trinajstić information content (AvgIpc) is 2.15. The summed E-state index contributed by atoms with van der Waals surface area (Å²) in [5.41, 5.74) is 4.23. The summed E-state index contributed by atoms with van der Waals surface area (Å²) in [6, 6.07) is 0. The quantitative estimate of drug-likeness (QED) is 0.324. The molecule has 88 valence electrons.